The molecule has 5 nitrogen and oxygen atoms in total. The van der Waals surface area contributed by atoms with Gasteiger partial charge in [0, 0.05) is 18.5 Å². The molecule has 0 aliphatic carbocycles. The van der Waals surface area contributed by atoms with Crippen molar-refractivity contribution in [3.8, 4) is 0 Å². The molecular formula is C11H8BrNO4S2. The minimum atomic E-state index is -3.61. The SMILES string of the molecule is O=C(O)C=Cc1ccn(S(=O)(=O)c2ccc(Br)s2)c1. The largest absolute Gasteiger partial charge is 0.478 e. The van der Waals surface area contributed by atoms with Crippen LogP contribution in [0.4, 0.5) is 0 Å². The molecule has 0 aliphatic heterocycles. The van der Waals surface area contributed by atoms with Crippen molar-refractivity contribution < 1.29 is 18.3 Å². The van der Waals surface area contributed by atoms with Gasteiger partial charge in [0.25, 0.3) is 10.0 Å². The summed E-state index contributed by atoms with van der Waals surface area (Å²) in [4.78, 5) is 10.4. The molecule has 2 rings (SSSR count). The van der Waals surface area contributed by atoms with E-state index in [1.54, 1.807) is 6.07 Å². The lowest BCUT2D eigenvalue weighted by molar-refractivity contribution is -0.131. The Labute approximate surface area is 122 Å². The summed E-state index contributed by atoms with van der Waals surface area (Å²) in [5, 5.41) is 8.51. The molecule has 19 heavy (non-hydrogen) atoms. The van der Waals surface area contributed by atoms with E-state index in [4.69, 9.17) is 5.11 Å². The van der Waals surface area contributed by atoms with Crippen LogP contribution in [-0.4, -0.2) is 23.5 Å². The minimum absolute atomic E-state index is 0.212. The molecule has 0 fully saturated rings. The van der Waals surface area contributed by atoms with Gasteiger partial charge in [-0.05, 0) is 45.8 Å². The molecule has 2 aromatic heterocycles. The predicted octanol–water partition coefficient (Wildman–Crippen LogP) is 2.65. The number of nitrogens with zero attached hydrogens (tertiary/aromatic N) is 1. The first-order chi connectivity index (χ1) is 8.89. The van der Waals surface area contributed by atoms with Crippen molar-refractivity contribution in [2.75, 3.05) is 0 Å². The van der Waals surface area contributed by atoms with Gasteiger partial charge in [0.15, 0.2) is 0 Å². The molecule has 0 bridgehead atoms. The smallest absolute Gasteiger partial charge is 0.328 e. The van der Waals surface area contributed by atoms with E-state index in [2.05, 4.69) is 15.9 Å². The van der Waals surface area contributed by atoms with E-state index in [0.717, 1.165) is 25.2 Å². The van der Waals surface area contributed by atoms with Crippen molar-refractivity contribution in [3.63, 3.8) is 0 Å². The van der Waals surface area contributed by atoms with Crippen molar-refractivity contribution >= 4 is 49.3 Å². The summed E-state index contributed by atoms with van der Waals surface area (Å²) in [6, 6.07) is 4.70. The Bertz CT molecular complexity index is 742. The van der Waals surface area contributed by atoms with Crippen LogP contribution in [0.5, 0.6) is 0 Å². The Morgan fingerprint density at radius 1 is 1.37 bits per heavy atom. The average molecular weight is 362 g/mol. The van der Waals surface area contributed by atoms with Gasteiger partial charge in [0.2, 0.25) is 0 Å². The number of aliphatic carboxylic acids is 1. The van der Waals surface area contributed by atoms with Crippen LogP contribution in [0.2, 0.25) is 0 Å². The summed E-state index contributed by atoms with van der Waals surface area (Å²) in [6.45, 7) is 0. The number of carboxylic acid groups (broad SMARTS) is 1. The van der Waals surface area contributed by atoms with E-state index in [1.165, 1.54) is 30.6 Å². The van der Waals surface area contributed by atoms with Gasteiger partial charge in [-0.2, -0.15) is 8.42 Å². The van der Waals surface area contributed by atoms with Gasteiger partial charge in [-0.1, -0.05) is 0 Å². The minimum Gasteiger partial charge on any atom is -0.478 e. The highest BCUT2D eigenvalue weighted by Crippen LogP contribution is 2.27. The topological polar surface area (TPSA) is 76.4 Å². The van der Waals surface area contributed by atoms with Crippen molar-refractivity contribution in [2.45, 2.75) is 4.21 Å². The highest BCUT2D eigenvalue weighted by molar-refractivity contribution is 9.11. The van der Waals surface area contributed by atoms with Crippen molar-refractivity contribution in [1.29, 1.82) is 0 Å². The zero-order chi connectivity index (χ0) is 14.0. The first-order valence-electron chi connectivity index (χ1n) is 4.99. The van der Waals surface area contributed by atoms with Crippen LogP contribution in [0.3, 0.4) is 0 Å². The van der Waals surface area contributed by atoms with Crippen LogP contribution in [0.25, 0.3) is 6.08 Å². The third-order valence-corrected chi connectivity index (χ3v) is 5.92. The summed E-state index contributed by atoms with van der Waals surface area (Å²) < 4.78 is 26.4. The number of rotatable bonds is 4. The molecule has 0 aliphatic rings. The molecule has 0 spiro atoms. The number of aromatic nitrogens is 1. The van der Waals surface area contributed by atoms with Gasteiger partial charge in [-0.3, -0.25) is 0 Å². The summed E-state index contributed by atoms with van der Waals surface area (Å²) in [7, 11) is -3.61. The van der Waals surface area contributed by atoms with Crippen LogP contribution in [0, 0.1) is 0 Å². The molecule has 2 heterocycles. The van der Waals surface area contributed by atoms with Crippen molar-refractivity contribution in [1.82, 2.24) is 3.97 Å². The third-order valence-electron chi connectivity index (χ3n) is 2.19. The second-order valence-corrected chi connectivity index (χ2v) is 8.04. The van der Waals surface area contributed by atoms with Crippen molar-refractivity contribution in [3.05, 3.63) is 46.0 Å². The normalized spacial score (nSPS) is 12.1. The van der Waals surface area contributed by atoms with Gasteiger partial charge in [0.1, 0.15) is 4.21 Å². The second-order valence-electron chi connectivity index (χ2n) is 3.51. The number of halogens is 1. The Kier molecular flexibility index (Phi) is 3.93. The Balaban J connectivity index is 2.35. The molecule has 0 saturated heterocycles. The molecule has 0 radical (unpaired) electrons. The molecule has 8 heteroatoms. The standard InChI is InChI=1S/C11H8BrNO4S2/c12-9-2-4-11(18-9)19(16,17)13-6-5-8(7-13)1-3-10(14)15/h1-7H,(H,14,15). The number of thiophene rings is 1. The molecular weight excluding hydrogens is 354 g/mol. The first kappa shape index (κ1) is 14.0. The summed E-state index contributed by atoms with van der Waals surface area (Å²) in [6.07, 6.45) is 5.03. The zero-order valence-corrected chi connectivity index (χ0v) is 12.6. The lowest BCUT2D eigenvalue weighted by Crippen LogP contribution is -2.08. The van der Waals surface area contributed by atoms with Crippen LogP contribution in [0.1, 0.15) is 5.56 Å². The summed E-state index contributed by atoms with van der Waals surface area (Å²) in [5.74, 6) is -1.09. The quantitative estimate of drug-likeness (QED) is 0.849. The highest BCUT2D eigenvalue weighted by atomic mass is 79.9. The molecule has 0 unspecified atom stereocenters. The number of carbonyl (C=O) groups is 1. The summed E-state index contributed by atoms with van der Waals surface area (Å²) in [5.41, 5.74) is 0.501. The Hall–Kier alpha value is -1.38. The molecule has 100 valence electrons. The molecule has 1 N–H and O–H groups in total. The van der Waals surface area contributed by atoms with E-state index in [0.29, 0.717) is 5.56 Å². The van der Waals surface area contributed by atoms with E-state index >= 15 is 0 Å². The van der Waals surface area contributed by atoms with Gasteiger partial charge < -0.3 is 5.11 Å². The van der Waals surface area contributed by atoms with E-state index in [9.17, 15) is 13.2 Å². The maximum atomic E-state index is 12.2. The highest BCUT2D eigenvalue weighted by Gasteiger charge is 2.18. The fourth-order valence-corrected chi connectivity index (χ4v) is 4.67. The molecule has 0 atom stereocenters. The molecule has 0 saturated carbocycles. The lowest BCUT2D eigenvalue weighted by Gasteiger charge is -2.01. The third kappa shape index (κ3) is 3.14. The Morgan fingerprint density at radius 3 is 2.68 bits per heavy atom. The van der Waals surface area contributed by atoms with Crippen LogP contribution in [0.15, 0.2) is 44.7 Å². The molecule has 0 amide bonds. The fraction of sp³-hybridized carbons (Fsp3) is 0. The Morgan fingerprint density at radius 2 is 2.11 bits per heavy atom. The fourth-order valence-electron chi connectivity index (χ4n) is 1.35. The predicted molar refractivity (Wildman–Crippen MR) is 75.7 cm³/mol. The van der Waals surface area contributed by atoms with Gasteiger partial charge in [-0.25, -0.2) is 8.77 Å². The van der Waals surface area contributed by atoms with Crippen LogP contribution < -0.4 is 0 Å². The van der Waals surface area contributed by atoms with Gasteiger partial charge >= 0.3 is 5.97 Å². The monoisotopic (exact) mass is 361 g/mol. The maximum Gasteiger partial charge on any atom is 0.328 e. The average Bonchev–Trinajstić information content (AvgIpc) is 2.95. The van der Waals surface area contributed by atoms with Gasteiger partial charge in [0.05, 0.1) is 3.79 Å². The van der Waals surface area contributed by atoms with Crippen LogP contribution >= 0.6 is 27.3 Å². The van der Waals surface area contributed by atoms with Crippen molar-refractivity contribution in [2.24, 2.45) is 0 Å². The lowest BCUT2D eigenvalue weighted by atomic mass is 10.3. The second kappa shape index (κ2) is 5.32. The maximum absolute atomic E-state index is 12.2. The first-order valence-corrected chi connectivity index (χ1v) is 8.04. The summed E-state index contributed by atoms with van der Waals surface area (Å²) >= 11 is 4.32. The van der Waals surface area contributed by atoms with Crippen LogP contribution in [-0.2, 0) is 14.8 Å². The van der Waals surface area contributed by atoms with E-state index in [-0.39, 0.29) is 4.21 Å². The number of hydrogen-bond donors (Lipinski definition) is 1. The van der Waals surface area contributed by atoms with Gasteiger partial charge in [-0.15, -0.1) is 11.3 Å². The molecule has 2 aromatic rings. The van der Waals surface area contributed by atoms with E-state index in [1.807, 2.05) is 0 Å². The zero-order valence-electron chi connectivity index (χ0n) is 9.36. The van der Waals surface area contributed by atoms with E-state index < -0.39 is 16.0 Å². The number of carboxylic acids is 1. The number of hydrogen-bond acceptors (Lipinski definition) is 4. The molecule has 0 aromatic carbocycles.